The number of anilines is 3. The number of nitrogen functional groups attached to an aromatic ring is 1. The summed E-state index contributed by atoms with van der Waals surface area (Å²) in [6.45, 7) is 0. The van der Waals surface area contributed by atoms with Crippen LogP contribution in [0.5, 0.6) is 5.75 Å². The highest BCUT2D eigenvalue weighted by molar-refractivity contribution is 5.94. The summed E-state index contributed by atoms with van der Waals surface area (Å²) in [7, 11) is 1.56. The number of carbonyl (C=O) groups is 1. The highest BCUT2D eigenvalue weighted by atomic mass is 16.5. The van der Waals surface area contributed by atoms with Crippen LogP contribution in [-0.4, -0.2) is 23.2 Å². The number of hydrogen-bond acceptors (Lipinski definition) is 5. The molecule has 6 heteroatoms. The average Bonchev–Trinajstić information content (AvgIpc) is 2.41. The average molecular weight is 259 g/mol. The molecular weight excluding hydrogens is 246 g/mol. The molecule has 0 saturated heterocycles. The molecule has 1 aromatic heterocycles. The summed E-state index contributed by atoms with van der Waals surface area (Å²) >= 11 is 0. The summed E-state index contributed by atoms with van der Waals surface area (Å²) in [5.74, 6) is -0.0722. The highest BCUT2D eigenvalue weighted by Crippen LogP contribution is 2.27. The second-order valence-electron chi connectivity index (χ2n) is 3.79. The minimum atomic E-state index is -1.09. The zero-order chi connectivity index (χ0) is 13.8. The molecule has 2 rings (SSSR count). The maximum absolute atomic E-state index is 11.0. The Balaban J connectivity index is 2.33. The van der Waals surface area contributed by atoms with E-state index in [1.807, 2.05) is 12.1 Å². The van der Waals surface area contributed by atoms with Crippen molar-refractivity contribution in [3.05, 3.63) is 42.1 Å². The number of ether oxygens (including phenoxy) is 1. The number of aromatic nitrogens is 1. The molecular formula is C13H13N3O3. The van der Waals surface area contributed by atoms with Crippen LogP contribution in [0.4, 0.5) is 17.2 Å². The molecule has 98 valence electrons. The smallest absolute Gasteiger partial charge is 0.337 e. The van der Waals surface area contributed by atoms with E-state index in [1.165, 1.54) is 12.3 Å². The third-order valence-corrected chi connectivity index (χ3v) is 2.53. The van der Waals surface area contributed by atoms with Gasteiger partial charge >= 0.3 is 5.97 Å². The highest BCUT2D eigenvalue weighted by Gasteiger charge is 2.10. The number of carboxylic acids is 1. The third-order valence-electron chi connectivity index (χ3n) is 2.53. The number of benzene rings is 1. The number of nitrogens with two attached hydrogens (primary N) is 1. The molecule has 0 fully saturated rings. The summed E-state index contributed by atoms with van der Waals surface area (Å²) in [6, 6.07) is 8.64. The summed E-state index contributed by atoms with van der Waals surface area (Å²) < 4.78 is 5.19. The van der Waals surface area contributed by atoms with Crippen LogP contribution in [-0.2, 0) is 0 Å². The van der Waals surface area contributed by atoms with E-state index in [2.05, 4.69) is 10.3 Å². The number of carboxylic acid groups (broad SMARTS) is 1. The SMILES string of the molecule is COc1ccccc1Nc1cc(C(=O)O)c(N)cn1. The van der Waals surface area contributed by atoms with Gasteiger partial charge in [0.05, 0.1) is 30.2 Å². The van der Waals surface area contributed by atoms with E-state index in [4.69, 9.17) is 15.6 Å². The lowest BCUT2D eigenvalue weighted by Gasteiger charge is -2.11. The normalized spacial score (nSPS) is 9.95. The summed E-state index contributed by atoms with van der Waals surface area (Å²) in [5, 5.41) is 12.0. The number of methoxy groups -OCH3 is 1. The van der Waals surface area contributed by atoms with Gasteiger partial charge in [0.1, 0.15) is 11.6 Å². The van der Waals surface area contributed by atoms with E-state index < -0.39 is 5.97 Å². The number of hydrogen-bond donors (Lipinski definition) is 3. The van der Waals surface area contributed by atoms with E-state index in [1.54, 1.807) is 19.2 Å². The molecule has 1 heterocycles. The van der Waals surface area contributed by atoms with Crippen molar-refractivity contribution >= 4 is 23.2 Å². The molecule has 0 aliphatic rings. The lowest BCUT2D eigenvalue weighted by Crippen LogP contribution is -2.05. The molecule has 0 unspecified atom stereocenters. The van der Waals surface area contributed by atoms with Gasteiger partial charge in [-0.2, -0.15) is 0 Å². The van der Waals surface area contributed by atoms with Crippen molar-refractivity contribution in [2.45, 2.75) is 0 Å². The van der Waals surface area contributed by atoms with Gasteiger partial charge in [0.25, 0.3) is 0 Å². The van der Waals surface area contributed by atoms with Crippen LogP contribution in [0.1, 0.15) is 10.4 Å². The van der Waals surface area contributed by atoms with E-state index in [0.29, 0.717) is 17.3 Å². The molecule has 0 atom stereocenters. The van der Waals surface area contributed by atoms with Gasteiger partial charge in [0.15, 0.2) is 0 Å². The lowest BCUT2D eigenvalue weighted by atomic mass is 10.2. The van der Waals surface area contributed by atoms with Crippen LogP contribution in [0.15, 0.2) is 36.5 Å². The Morgan fingerprint density at radius 3 is 2.84 bits per heavy atom. The topological polar surface area (TPSA) is 97.5 Å². The number of para-hydroxylation sites is 2. The zero-order valence-corrected chi connectivity index (χ0v) is 10.3. The van der Waals surface area contributed by atoms with Gasteiger partial charge in [-0.25, -0.2) is 9.78 Å². The first kappa shape index (κ1) is 12.7. The predicted octanol–water partition coefficient (Wildman–Crippen LogP) is 2.11. The summed E-state index contributed by atoms with van der Waals surface area (Å²) in [5.41, 5.74) is 6.37. The quantitative estimate of drug-likeness (QED) is 0.778. The Morgan fingerprint density at radius 2 is 2.16 bits per heavy atom. The van der Waals surface area contributed by atoms with E-state index >= 15 is 0 Å². The van der Waals surface area contributed by atoms with Crippen LogP contribution >= 0.6 is 0 Å². The molecule has 0 bridgehead atoms. The lowest BCUT2D eigenvalue weighted by molar-refractivity contribution is 0.0698. The van der Waals surface area contributed by atoms with Gasteiger partial charge in [-0.15, -0.1) is 0 Å². The molecule has 0 amide bonds. The minimum Gasteiger partial charge on any atom is -0.495 e. The van der Waals surface area contributed by atoms with Crippen molar-refractivity contribution in [1.29, 1.82) is 0 Å². The van der Waals surface area contributed by atoms with E-state index in [9.17, 15) is 4.79 Å². The van der Waals surface area contributed by atoms with E-state index in [-0.39, 0.29) is 11.3 Å². The molecule has 6 nitrogen and oxygen atoms in total. The molecule has 2 aromatic rings. The van der Waals surface area contributed by atoms with Crippen molar-refractivity contribution in [2.24, 2.45) is 0 Å². The Labute approximate surface area is 109 Å². The van der Waals surface area contributed by atoms with Gasteiger partial charge in [0.2, 0.25) is 0 Å². The monoisotopic (exact) mass is 259 g/mol. The molecule has 0 saturated carbocycles. The second-order valence-corrected chi connectivity index (χ2v) is 3.79. The zero-order valence-electron chi connectivity index (χ0n) is 10.3. The number of pyridine rings is 1. The van der Waals surface area contributed by atoms with Crippen molar-refractivity contribution in [3.8, 4) is 5.75 Å². The molecule has 0 spiro atoms. The van der Waals surface area contributed by atoms with Gasteiger partial charge in [-0.3, -0.25) is 0 Å². The van der Waals surface area contributed by atoms with Gasteiger partial charge in [0, 0.05) is 0 Å². The van der Waals surface area contributed by atoms with Crippen molar-refractivity contribution in [1.82, 2.24) is 4.98 Å². The molecule has 0 radical (unpaired) electrons. The number of aromatic carboxylic acids is 1. The van der Waals surface area contributed by atoms with Crippen molar-refractivity contribution in [2.75, 3.05) is 18.2 Å². The van der Waals surface area contributed by atoms with Gasteiger partial charge in [-0.1, -0.05) is 12.1 Å². The Bertz CT molecular complexity index is 614. The summed E-state index contributed by atoms with van der Waals surface area (Å²) in [4.78, 5) is 15.0. The number of rotatable bonds is 4. The first-order valence-electron chi connectivity index (χ1n) is 5.50. The Morgan fingerprint density at radius 1 is 1.42 bits per heavy atom. The third kappa shape index (κ3) is 2.74. The van der Waals surface area contributed by atoms with Crippen LogP contribution in [0.3, 0.4) is 0 Å². The fraction of sp³-hybridized carbons (Fsp3) is 0.0769. The van der Waals surface area contributed by atoms with E-state index in [0.717, 1.165) is 0 Å². The number of nitrogens with zero attached hydrogens (tertiary/aromatic N) is 1. The fourth-order valence-corrected chi connectivity index (χ4v) is 1.61. The maximum atomic E-state index is 11.0. The Kier molecular flexibility index (Phi) is 3.51. The largest absolute Gasteiger partial charge is 0.495 e. The second kappa shape index (κ2) is 5.26. The van der Waals surface area contributed by atoms with Gasteiger partial charge in [-0.05, 0) is 18.2 Å². The summed E-state index contributed by atoms with van der Waals surface area (Å²) in [6.07, 6.45) is 1.31. The Hall–Kier alpha value is -2.76. The minimum absolute atomic E-state index is 0.00685. The van der Waals surface area contributed by atoms with Crippen LogP contribution in [0.2, 0.25) is 0 Å². The molecule has 0 aliphatic heterocycles. The maximum Gasteiger partial charge on any atom is 0.337 e. The standard InChI is InChI=1S/C13H13N3O3/c1-19-11-5-3-2-4-10(11)16-12-6-8(13(17)18)9(14)7-15-12/h2-7H,14H2,1H3,(H,15,16)(H,17,18). The molecule has 0 aliphatic carbocycles. The molecule has 1 aromatic carbocycles. The number of nitrogens with one attached hydrogen (secondary N) is 1. The van der Waals surface area contributed by atoms with Crippen LogP contribution < -0.4 is 15.8 Å². The molecule has 19 heavy (non-hydrogen) atoms. The van der Waals surface area contributed by atoms with Crippen LogP contribution in [0, 0.1) is 0 Å². The molecule has 4 N–H and O–H groups in total. The predicted molar refractivity (Wildman–Crippen MR) is 71.9 cm³/mol. The van der Waals surface area contributed by atoms with Gasteiger partial charge < -0.3 is 20.9 Å². The first-order chi connectivity index (χ1) is 9.11. The van der Waals surface area contributed by atoms with Crippen LogP contribution in [0.25, 0.3) is 0 Å². The van der Waals surface area contributed by atoms with Crippen molar-refractivity contribution in [3.63, 3.8) is 0 Å². The fourth-order valence-electron chi connectivity index (χ4n) is 1.61. The van der Waals surface area contributed by atoms with Crippen molar-refractivity contribution < 1.29 is 14.6 Å². The first-order valence-corrected chi connectivity index (χ1v) is 5.50.